The molecule has 0 saturated carbocycles. The summed E-state index contributed by atoms with van der Waals surface area (Å²) >= 11 is -1.11. The van der Waals surface area contributed by atoms with E-state index in [1.807, 2.05) is 0 Å². The normalized spacial score (nSPS) is 12.5. The van der Waals surface area contributed by atoms with E-state index >= 15 is 0 Å². The van der Waals surface area contributed by atoms with Crippen LogP contribution in [-0.2, 0) is 0 Å². The van der Waals surface area contributed by atoms with Gasteiger partial charge in [0.1, 0.15) is 0 Å². The molecule has 0 N–H and O–H groups in total. The van der Waals surface area contributed by atoms with Crippen molar-refractivity contribution in [1.82, 2.24) is 0 Å². The van der Waals surface area contributed by atoms with Gasteiger partial charge in [-0.05, 0) is 0 Å². The monoisotopic (exact) mass is 292 g/mol. The van der Waals surface area contributed by atoms with Gasteiger partial charge in [-0.1, -0.05) is 0 Å². The van der Waals surface area contributed by atoms with Gasteiger partial charge in [-0.3, -0.25) is 0 Å². The standard InChI is InChI=1S/3C4H9.Sn.H/c3*1-4(2)3;;/h3*4H,1H2,2-3H3;;. The molecule has 0 atom stereocenters. The van der Waals surface area contributed by atoms with E-state index in [-0.39, 0.29) is 0 Å². The van der Waals surface area contributed by atoms with Gasteiger partial charge in [0, 0.05) is 0 Å². The van der Waals surface area contributed by atoms with Crippen LogP contribution in [0.3, 0.4) is 0 Å². The van der Waals surface area contributed by atoms with E-state index in [1.54, 1.807) is 13.3 Å². The molecule has 13 heavy (non-hydrogen) atoms. The fourth-order valence-electron chi connectivity index (χ4n) is 2.29. The van der Waals surface area contributed by atoms with Crippen molar-refractivity contribution in [2.45, 2.75) is 54.9 Å². The molecule has 0 fully saturated rings. The second-order valence-corrected chi connectivity index (χ2v) is 14.7. The van der Waals surface area contributed by atoms with Gasteiger partial charge < -0.3 is 0 Å². The Kier molecular flexibility index (Phi) is 7.58. The first-order chi connectivity index (χ1) is 5.91. The van der Waals surface area contributed by atoms with Crippen molar-refractivity contribution in [3.63, 3.8) is 0 Å². The molecule has 0 nitrogen and oxygen atoms in total. The first-order valence-corrected chi connectivity index (χ1v) is 12.9. The molecule has 0 aliphatic carbocycles. The Morgan fingerprint density at radius 1 is 0.615 bits per heavy atom. The van der Waals surface area contributed by atoms with Crippen LogP contribution in [0.1, 0.15) is 41.5 Å². The van der Waals surface area contributed by atoms with Gasteiger partial charge >= 0.3 is 92.4 Å². The fourth-order valence-corrected chi connectivity index (χ4v) is 15.4. The summed E-state index contributed by atoms with van der Waals surface area (Å²) in [6.45, 7) is 14.4. The van der Waals surface area contributed by atoms with Crippen molar-refractivity contribution in [1.29, 1.82) is 0 Å². The Balaban J connectivity index is 3.87. The van der Waals surface area contributed by atoms with Gasteiger partial charge in [-0.2, -0.15) is 0 Å². The van der Waals surface area contributed by atoms with Gasteiger partial charge in [0.2, 0.25) is 0 Å². The Morgan fingerprint density at radius 3 is 1.00 bits per heavy atom. The van der Waals surface area contributed by atoms with Crippen LogP contribution in [-0.4, -0.2) is 19.8 Å². The molecule has 80 valence electrons. The van der Waals surface area contributed by atoms with Crippen LogP contribution in [0.2, 0.25) is 13.3 Å². The van der Waals surface area contributed by atoms with Crippen molar-refractivity contribution in [2.75, 3.05) is 0 Å². The van der Waals surface area contributed by atoms with Gasteiger partial charge in [0.25, 0.3) is 0 Å². The Labute approximate surface area is 92.2 Å². The molecule has 0 aromatic carbocycles. The van der Waals surface area contributed by atoms with Crippen molar-refractivity contribution < 1.29 is 0 Å². The molecule has 0 heterocycles. The number of hydrogen-bond acceptors (Lipinski definition) is 0. The first-order valence-electron chi connectivity index (χ1n) is 5.91. The van der Waals surface area contributed by atoms with Crippen LogP contribution < -0.4 is 0 Å². The zero-order valence-corrected chi connectivity index (χ0v) is 13.7. The second kappa shape index (κ2) is 7.14. The first kappa shape index (κ1) is 13.8. The third-order valence-electron chi connectivity index (χ3n) is 2.41. The van der Waals surface area contributed by atoms with E-state index in [1.165, 1.54) is 0 Å². The Morgan fingerprint density at radius 2 is 0.846 bits per heavy atom. The van der Waals surface area contributed by atoms with E-state index in [0.717, 1.165) is 17.8 Å². The molecule has 0 aromatic heterocycles. The fraction of sp³-hybridized carbons (Fsp3) is 1.00. The van der Waals surface area contributed by atoms with Gasteiger partial charge in [0.05, 0.1) is 0 Å². The molecule has 0 aliphatic rings. The van der Waals surface area contributed by atoms with Crippen molar-refractivity contribution in [2.24, 2.45) is 17.8 Å². The maximum absolute atomic E-state index is 2.39. The SMILES string of the molecule is CC(C)[CH2][SnH]([CH2]C(C)C)[CH2]C(C)C. The molecule has 0 amide bonds. The van der Waals surface area contributed by atoms with E-state index in [2.05, 4.69) is 41.5 Å². The van der Waals surface area contributed by atoms with Crippen LogP contribution in [0.15, 0.2) is 0 Å². The third kappa shape index (κ3) is 9.11. The molecule has 0 radical (unpaired) electrons. The molecule has 1 heteroatoms. The second-order valence-electron chi connectivity index (χ2n) is 5.75. The zero-order chi connectivity index (χ0) is 10.4. The van der Waals surface area contributed by atoms with E-state index in [9.17, 15) is 0 Å². The minimum absolute atomic E-state index is 0.957. The minimum atomic E-state index is -1.11. The molecule has 0 rings (SSSR count). The van der Waals surface area contributed by atoms with Crippen LogP contribution in [0.4, 0.5) is 0 Å². The van der Waals surface area contributed by atoms with Gasteiger partial charge in [0.15, 0.2) is 0 Å². The molecule has 0 spiro atoms. The van der Waals surface area contributed by atoms with Crippen molar-refractivity contribution >= 4 is 19.8 Å². The van der Waals surface area contributed by atoms with Crippen molar-refractivity contribution in [3.05, 3.63) is 0 Å². The quantitative estimate of drug-likeness (QED) is 0.644. The predicted molar refractivity (Wildman–Crippen MR) is 66.1 cm³/mol. The summed E-state index contributed by atoms with van der Waals surface area (Å²) in [5.74, 6) is 2.87. The van der Waals surface area contributed by atoms with Crippen molar-refractivity contribution in [3.8, 4) is 0 Å². The number of rotatable bonds is 6. The van der Waals surface area contributed by atoms with E-state index in [4.69, 9.17) is 0 Å². The zero-order valence-electron chi connectivity index (χ0n) is 10.4. The van der Waals surface area contributed by atoms with Gasteiger partial charge in [-0.15, -0.1) is 0 Å². The molecule has 0 bridgehead atoms. The number of hydrogen-bond donors (Lipinski definition) is 0. The van der Waals surface area contributed by atoms with Crippen LogP contribution in [0, 0.1) is 17.8 Å². The molecule has 0 aliphatic heterocycles. The summed E-state index contributed by atoms with van der Waals surface area (Å²) in [6, 6.07) is 0. The Hall–Kier alpha value is 0.799. The molecular formula is C12H28Sn. The Bertz CT molecular complexity index is 92.5. The summed E-state index contributed by atoms with van der Waals surface area (Å²) in [7, 11) is 0. The van der Waals surface area contributed by atoms with Crippen LogP contribution in [0.25, 0.3) is 0 Å². The predicted octanol–water partition coefficient (Wildman–Crippen LogP) is 4.18. The topological polar surface area (TPSA) is 0 Å². The third-order valence-corrected chi connectivity index (χ3v) is 16.2. The summed E-state index contributed by atoms with van der Waals surface area (Å²) in [5, 5.41) is 0. The average molecular weight is 291 g/mol. The summed E-state index contributed by atoms with van der Waals surface area (Å²) < 4.78 is 4.87. The summed E-state index contributed by atoms with van der Waals surface area (Å²) in [6.07, 6.45) is 0. The molecule has 0 saturated heterocycles. The molecular weight excluding hydrogens is 263 g/mol. The molecule has 0 unspecified atom stereocenters. The summed E-state index contributed by atoms with van der Waals surface area (Å²) in [4.78, 5) is 0. The average Bonchev–Trinajstić information content (AvgIpc) is 1.80. The van der Waals surface area contributed by atoms with E-state index < -0.39 is 19.8 Å². The van der Waals surface area contributed by atoms with E-state index in [0.29, 0.717) is 0 Å². The molecule has 0 aromatic rings. The van der Waals surface area contributed by atoms with Crippen LogP contribution >= 0.6 is 0 Å². The van der Waals surface area contributed by atoms with Crippen LogP contribution in [0.5, 0.6) is 0 Å². The van der Waals surface area contributed by atoms with Gasteiger partial charge in [-0.25, -0.2) is 0 Å². The summed E-state index contributed by atoms with van der Waals surface area (Å²) in [5.41, 5.74) is 0. The maximum atomic E-state index is 2.39.